The standard InChI is InChI=1S/C29H30FN3O3/c1-36-26-17-8-6-15-24(26)31-19-27(34)33(22-13-9-10-20(30)18-22)28-23-14-5-7-16-25(23)32(29(28)35)21-11-3-2-4-12-21/h5-10,13-18,21,28,31H,2-4,11-12,19H2,1H3. The summed E-state index contributed by atoms with van der Waals surface area (Å²) in [4.78, 5) is 31.1. The number of hydrogen-bond donors (Lipinski definition) is 1. The molecule has 0 spiro atoms. The van der Waals surface area contributed by atoms with Crippen LogP contribution in [0, 0.1) is 5.82 Å². The van der Waals surface area contributed by atoms with Crippen LogP contribution in [0.1, 0.15) is 43.7 Å². The average molecular weight is 488 g/mol. The summed E-state index contributed by atoms with van der Waals surface area (Å²) in [5.41, 5.74) is 2.62. The van der Waals surface area contributed by atoms with Crippen LogP contribution in [-0.4, -0.2) is 31.5 Å². The molecular formula is C29H30FN3O3. The lowest BCUT2D eigenvalue weighted by Crippen LogP contribution is -2.46. The summed E-state index contributed by atoms with van der Waals surface area (Å²) < 4.78 is 19.7. The first-order chi connectivity index (χ1) is 17.6. The van der Waals surface area contributed by atoms with Crippen LogP contribution in [0.5, 0.6) is 5.75 Å². The Kier molecular flexibility index (Phi) is 6.89. The number of amides is 2. The topological polar surface area (TPSA) is 61.9 Å². The molecule has 1 aliphatic heterocycles. The molecule has 5 rings (SSSR count). The van der Waals surface area contributed by atoms with Gasteiger partial charge in [-0.15, -0.1) is 0 Å². The number of rotatable bonds is 7. The fourth-order valence-electron chi connectivity index (χ4n) is 5.40. The number of halogens is 1. The van der Waals surface area contributed by atoms with E-state index in [-0.39, 0.29) is 24.4 Å². The van der Waals surface area contributed by atoms with Crippen LogP contribution in [0.25, 0.3) is 0 Å². The second-order valence-corrected chi connectivity index (χ2v) is 9.26. The predicted octanol–water partition coefficient (Wildman–Crippen LogP) is 5.70. The Labute approximate surface area is 210 Å². The minimum absolute atomic E-state index is 0.0910. The summed E-state index contributed by atoms with van der Waals surface area (Å²) in [7, 11) is 1.56. The van der Waals surface area contributed by atoms with Crippen LogP contribution < -0.4 is 19.9 Å². The van der Waals surface area contributed by atoms with E-state index in [1.54, 1.807) is 25.3 Å². The van der Waals surface area contributed by atoms with Crippen LogP contribution in [0.4, 0.5) is 21.5 Å². The second kappa shape index (κ2) is 10.4. The zero-order chi connectivity index (χ0) is 25.1. The van der Waals surface area contributed by atoms with Crippen molar-refractivity contribution in [2.45, 2.75) is 44.2 Å². The monoisotopic (exact) mass is 487 g/mol. The van der Waals surface area contributed by atoms with Crippen molar-refractivity contribution in [3.8, 4) is 5.75 Å². The number of benzene rings is 3. The average Bonchev–Trinajstić information content (AvgIpc) is 3.20. The number of hydrogen-bond acceptors (Lipinski definition) is 4. The van der Waals surface area contributed by atoms with Gasteiger partial charge in [0.1, 0.15) is 17.6 Å². The Morgan fingerprint density at radius 1 is 1.03 bits per heavy atom. The molecule has 1 N–H and O–H groups in total. The van der Waals surface area contributed by atoms with Crippen molar-refractivity contribution in [2.24, 2.45) is 0 Å². The molecule has 0 bridgehead atoms. The van der Waals surface area contributed by atoms with Crippen LogP contribution in [0.15, 0.2) is 72.8 Å². The molecular weight excluding hydrogens is 457 g/mol. The summed E-state index contributed by atoms with van der Waals surface area (Å²) in [6, 6.07) is 20.1. The first kappa shape index (κ1) is 23.9. The molecule has 2 aliphatic rings. The molecule has 1 heterocycles. The molecule has 0 radical (unpaired) electrons. The number of nitrogens with zero attached hydrogens (tertiary/aromatic N) is 2. The van der Waals surface area contributed by atoms with E-state index in [1.807, 2.05) is 47.4 Å². The van der Waals surface area contributed by atoms with E-state index in [9.17, 15) is 14.0 Å². The van der Waals surface area contributed by atoms with E-state index < -0.39 is 11.9 Å². The van der Waals surface area contributed by atoms with Gasteiger partial charge in [0.05, 0.1) is 19.3 Å². The van der Waals surface area contributed by atoms with E-state index in [2.05, 4.69) is 5.32 Å². The summed E-state index contributed by atoms with van der Waals surface area (Å²) in [6.45, 7) is -0.0910. The van der Waals surface area contributed by atoms with Crippen molar-refractivity contribution in [1.29, 1.82) is 0 Å². The lowest BCUT2D eigenvalue weighted by molar-refractivity contribution is -0.124. The maximum atomic E-state index is 14.3. The van der Waals surface area contributed by atoms with Gasteiger partial charge >= 0.3 is 0 Å². The van der Waals surface area contributed by atoms with E-state index >= 15 is 0 Å². The van der Waals surface area contributed by atoms with Crippen molar-refractivity contribution in [3.63, 3.8) is 0 Å². The SMILES string of the molecule is COc1ccccc1NCC(=O)N(c1cccc(F)c1)C1C(=O)N(C2CCCCC2)c2ccccc21. The van der Waals surface area contributed by atoms with Gasteiger partial charge in [-0.25, -0.2) is 4.39 Å². The van der Waals surface area contributed by atoms with Gasteiger partial charge in [0.2, 0.25) is 5.91 Å². The highest BCUT2D eigenvalue weighted by Crippen LogP contribution is 2.44. The molecule has 0 aromatic heterocycles. The first-order valence-electron chi connectivity index (χ1n) is 12.4. The number of methoxy groups -OCH3 is 1. The van der Waals surface area contributed by atoms with Crippen molar-refractivity contribution < 1.29 is 18.7 Å². The van der Waals surface area contributed by atoms with Gasteiger partial charge in [-0.2, -0.15) is 0 Å². The molecule has 6 nitrogen and oxygen atoms in total. The van der Waals surface area contributed by atoms with Crippen LogP contribution in [-0.2, 0) is 9.59 Å². The Morgan fingerprint density at radius 3 is 2.56 bits per heavy atom. The summed E-state index contributed by atoms with van der Waals surface area (Å²) >= 11 is 0. The van der Waals surface area contributed by atoms with Crippen molar-refractivity contribution >= 4 is 28.9 Å². The van der Waals surface area contributed by atoms with Crippen molar-refractivity contribution in [2.75, 3.05) is 28.8 Å². The maximum Gasteiger partial charge on any atom is 0.255 e. The van der Waals surface area contributed by atoms with Gasteiger partial charge in [-0.05, 0) is 49.2 Å². The molecule has 1 atom stereocenters. The third-order valence-corrected chi connectivity index (χ3v) is 7.05. The van der Waals surface area contributed by atoms with Gasteiger partial charge in [0, 0.05) is 23.0 Å². The molecule has 1 fully saturated rings. The molecule has 186 valence electrons. The normalized spacial score (nSPS) is 17.6. The number of anilines is 3. The first-order valence-corrected chi connectivity index (χ1v) is 12.4. The maximum absolute atomic E-state index is 14.3. The molecule has 1 unspecified atom stereocenters. The summed E-state index contributed by atoms with van der Waals surface area (Å²) in [5.74, 6) is -0.345. The Hall–Kier alpha value is -3.87. The smallest absolute Gasteiger partial charge is 0.255 e. The van der Waals surface area contributed by atoms with Gasteiger partial charge in [0.15, 0.2) is 0 Å². The molecule has 3 aromatic carbocycles. The van der Waals surface area contributed by atoms with Gasteiger partial charge in [-0.3, -0.25) is 14.5 Å². The fraction of sp³-hybridized carbons (Fsp3) is 0.310. The number of nitrogens with one attached hydrogen (secondary N) is 1. The van der Waals surface area contributed by atoms with Crippen molar-refractivity contribution in [3.05, 3.63) is 84.2 Å². The summed E-state index contributed by atoms with van der Waals surface area (Å²) in [6.07, 6.45) is 5.21. The van der Waals surface area contributed by atoms with E-state index in [4.69, 9.17) is 4.74 Å². The second-order valence-electron chi connectivity index (χ2n) is 9.26. The molecule has 2 amide bonds. The zero-order valence-electron chi connectivity index (χ0n) is 20.3. The highest BCUT2D eigenvalue weighted by molar-refractivity contribution is 6.12. The quantitative estimate of drug-likeness (QED) is 0.464. The minimum Gasteiger partial charge on any atom is -0.495 e. The summed E-state index contributed by atoms with van der Waals surface area (Å²) in [5, 5.41) is 3.13. The molecule has 1 aliphatic carbocycles. The lowest BCUT2D eigenvalue weighted by Gasteiger charge is -2.33. The van der Waals surface area contributed by atoms with Gasteiger partial charge in [0.25, 0.3) is 5.91 Å². The van der Waals surface area contributed by atoms with Crippen LogP contribution in [0.2, 0.25) is 0 Å². The fourth-order valence-corrected chi connectivity index (χ4v) is 5.40. The molecule has 7 heteroatoms. The molecule has 0 saturated heterocycles. The number of carbonyl (C=O) groups is 2. The third-order valence-electron chi connectivity index (χ3n) is 7.05. The van der Waals surface area contributed by atoms with Gasteiger partial charge < -0.3 is 15.0 Å². The number of ether oxygens (including phenoxy) is 1. The molecule has 3 aromatic rings. The predicted molar refractivity (Wildman–Crippen MR) is 139 cm³/mol. The largest absolute Gasteiger partial charge is 0.495 e. The van der Waals surface area contributed by atoms with Gasteiger partial charge in [-0.1, -0.05) is 55.7 Å². The highest BCUT2D eigenvalue weighted by Gasteiger charge is 2.45. The highest BCUT2D eigenvalue weighted by atomic mass is 19.1. The molecule has 36 heavy (non-hydrogen) atoms. The Bertz CT molecular complexity index is 1260. The third kappa shape index (κ3) is 4.53. The molecule has 1 saturated carbocycles. The Balaban J connectivity index is 1.51. The lowest BCUT2D eigenvalue weighted by atomic mass is 9.94. The number of fused-ring (bicyclic) bond motifs is 1. The Morgan fingerprint density at radius 2 is 1.78 bits per heavy atom. The van der Waals surface area contributed by atoms with E-state index in [0.717, 1.165) is 36.9 Å². The van der Waals surface area contributed by atoms with Crippen molar-refractivity contribution in [1.82, 2.24) is 0 Å². The minimum atomic E-state index is -0.864. The van der Waals surface area contributed by atoms with E-state index in [0.29, 0.717) is 17.1 Å². The van der Waals surface area contributed by atoms with Crippen LogP contribution >= 0.6 is 0 Å². The van der Waals surface area contributed by atoms with E-state index in [1.165, 1.54) is 23.5 Å². The van der Waals surface area contributed by atoms with Crippen LogP contribution in [0.3, 0.4) is 0 Å². The number of para-hydroxylation sites is 3. The number of carbonyl (C=O) groups excluding carboxylic acids is 2. The zero-order valence-corrected chi connectivity index (χ0v) is 20.3.